The SMILES string of the molecule is CN=C(C)Oc1cccc(N)c1. The summed E-state index contributed by atoms with van der Waals surface area (Å²) < 4.78 is 5.31. The number of anilines is 1. The summed E-state index contributed by atoms with van der Waals surface area (Å²) in [6, 6.07) is 7.25. The van der Waals surface area contributed by atoms with Crippen LogP contribution in [0.15, 0.2) is 29.3 Å². The Bertz CT molecular complexity index is 294. The van der Waals surface area contributed by atoms with Crippen molar-refractivity contribution in [3.05, 3.63) is 24.3 Å². The van der Waals surface area contributed by atoms with Crippen molar-refractivity contribution >= 4 is 11.6 Å². The average molecular weight is 164 g/mol. The normalized spacial score (nSPS) is 11.3. The van der Waals surface area contributed by atoms with E-state index in [2.05, 4.69) is 4.99 Å². The lowest BCUT2D eigenvalue weighted by Crippen LogP contribution is -2.02. The molecular formula is C9H12N2O. The molecule has 0 spiro atoms. The Balaban J connectivity index is 2.76. The number of rotatable bonds is 1. The van der Waals surface area contributed by atoms with Gasteiger partial charge in [-0.15, -0.1) is 0 Å². The second-order valence-corrected chi connectivity index (χ2v) is 2.42. The molecule has 0 heterocycles. The summed E-state index contributed by atoms with van der Waals surface area (Å²) in [4.78, 5) is 3.87. The third kappa shape index (κ3) is 2.27. The van der Waals surface area contributed by atoms with Crippen molar-refractivity contribution in [3.63, 3.8) is 0 Å². The van der Waals surface area contributed by atoms with Crippen molar-refractivity contribution in [1.82, 2.24) is 0 Å². The van der Waals surface area contributed by atoms with Gasteiger partial charge in [0, 0.05) is 25.7 Å². The number of nitrogen functional groups attached to an aromatic ring is 1. The summed E-state index contributed by atoms with van der Waals surface area (Å²) in [6.07, 6.45) is 0. The minimum atomic E-state index is 0.626. The predicted molar refractivity (Wildman–Crippen MR) is 50.5 cm³/mol. The van der Waals surface area contributed by atoms with E-state index in [0.29, 0.717) is 11.6 Å². The molecule has 0 bridgehead atoms. The Labute approximate surface area is 71.9 Å². The van der Waals surface area contributed by atoms with Gasteiger partial charge in [0.2, 0.25) is 0 Å². The summed E-state index contributed by atoms with van der Waals surface area (Å²) in [5.41, 5.74) is 6.25. The zero-order valence-electron chi connectivity index (χ0n) is 7.24. The van der Waals surface area contributed by atoms with Crippen LogP contribution in [0, 0.1) is 0 Å². The third-order valence-corrected chi connectivity index (χ3v) is 1.44. The van der Waals surface area contributed by atoms with E-state index in [9.17, 15) is 0 Å². The van der Waals surface area contributed by atoms with Gasteiger partial charge in [-0.2, -0.15) is 0 Å². The fraction of sp³-hybridized carbons (Fsp3) is 0.222. The van der Waals surface area contributed by atoms with Gasteiger partial charge < -0.3 is 10.5 Å². The number of ether oxygens (including phenoxy) is 1. The molecule has 3 nitrogen and oxygen atoms in total. The number of nitrogens with zero attached hydrogens (tertiary/aromatic N) is 1. The minimum absolute atomic E-state index is 0.626. The molecule has 0 saturated carbocycles. The molecule has 64 valence electrons. The molecule has 1 rings (SSSR count). The molecule has 1 aromatic rings. The molecule has 0 aliphatic rings. The molecule has 0 aliphatic carbocycles. The van der Waals surface area contributed by atoms with Crippen LogP contribution in [0.3, 0.4) is 0 Å². The number of aliphatic imine (C=N–C) groups is 1. The first-order chi connectivity index (χ1) is 5.72. The van der Waals surface area contributed by atoms with Crippen LogP contribution in [-0.2, 0) is 0 Å². The Morgan fingerprint density at radius 1 is 1.50 bits per heavy atom. The van der Waals surface area contributed by atoms with E-state index in [1.165, 1.54) is 0 Å². The maximum Gasteiger partial charge on any atom is 0.186 e. The molecular weight excluding hydrogens is 152 g/mol. The lowest BCUT2D eigenvalue weighted by Gasteiger charge is -2.03. The van der Waals surface area contributed by atoms with Crippen LogP contribution in [0.5, 0.6) is 5.75 Å². The summed E-state index contributed by atoms with van der Waals surface area (Å²) in [7, 11) is 1.68. The first-order valence-corrected chi connectivity index (χ1v) is 3.69. The van der Waals surface area contributed by atoms with E-state index < -0.39 is 0 Å². The molecule has 0 radical (unpaired) electrons. The van der Waals surface area contributed by atoms with Gasteiger partial charge in [0.1, 0.15) is 5.75 Å². The van der Waals surface area contributed by atoms with Crippen LogP contribution < -0.4 is 10.5 Å². The van der Waals surface area contributed by atoms with Crippen molar-refractivity contribution < 1.29 is 4.74 Å². The van der Waals surface area contributed by atoms with Crippen LogP contribution in [0.4, 0.5) is 5.69 Å². The maximum atomic E-state index is 5.56. The number of nitrogens with two attached hydrogens (primary N) is 1. The highest BCUT2D eigenvalue weighted by molar-refractivity contribution is 5.75. The third-order valence-electron chi connectivity index (χ3n) is 1.44. The van der Waals surface area contributed by atoms with Gasteiger partial charge >= 0.3 is 0 Å². The second-order valence-electron chi connectivity index (χ2n) is 2.42. The van der Waals surface area contributed by atoms with E-state index >= 15 is 0 Å². The van der Waals surface area contributed by atoms with Crippen LogP contribution in [-0.4, -0.2) is 12.9 Å². The number of hydrogen-bond donors (Lipinski definition) is 1. The van der Waals surface area contributed by atoms with Gasteiger partial charge in [0.05, 0.1) is 0 Å². The van der Waals surface area contributed by atoms with Gasteiger partial charge in [0.25, 0.3) is 0 Å². The summed E-state index contributed by atoms with van der Waals surface area (Å²) >= 11 is 0. The molecule has 0 aromatic heterocycles. The zero-order chi connectivity index (χ0) is 8.97. The standard InChI is InChI=1S/C9H12N2O/c1-7(11-2)12-9-5-3-4-8(10)6-9/h3-6H,10H2,1-2H3. The quantitative estimate of drug-likeness (QED) is 0.390. The highest BCUT2D eigenvalue weighted by Gasteiger charge is 1.94. The summed E-state index contributed by atoms with van der Waals surface area (Å²) in [5, 5.41) is 0. The Morgan fingerprint density at radius 3 is 2.83 bits per heavy atom. The fourth-order valence-corrected chi connectivity index (χ4v) is 0.794. The molecule has 1 aromatic carbocycles. The second kappa shape index (κ2) is 3.76. The smallest absolute Gasteiger partial charge is 0.186 e. The molecule has 2 N–H and O–H groups in total. The van der Waals surface area contributed by atoms with Gasteiger partial charge in [-0.25, -0.2) is 0 Å². The average Bonchev–Trinajstić information content (AvgIpc) is 2.04. The van der Waals surface area contributed by atoms with Crippen molar-refractivity contribution in [1.29, 1.82) is 0 Å². The molecule has 0 fully saturated rings. The number of benzene rings is 1. The fourth-order valence-electron chi connectivity index (χ4n) is 0.794. The highest BCUT2D eigenvalue weighted by Crippen LogP contribution is 2.14. The van der Waals surface area contributed by atoms with E-state index in [1.54, 1.807) is 20.0 Å². The van der Waals surface area contributed by atoms with E-state index in [-0.39, 0.29) is 0 Å². The maximum absolute atomic E-state index is 5.56. The van der Waals surface area contributed by atoms with Crippen molar-refractivity contribution in [2.45, 2.75) is 6.92 Å². The van der Waals surface area contributed by atoms with Crippen LogP contribution in [0.25, 0.3) is 0 Å². The van der Waals surface area contributed by atoms with Gasteiger partial charge in [-0.05, 0) is 12.1 Å². The minimum Gasteiger partial charge on any atom is -0.444 e. The van der Waals surface area contributed by atoms with Gasteiger partial charge in [-0.3, -0.25) is 4.99 Å². The van der Waals surface area contributed by atoms with Gasteiger partial charge in [0.15, 0.2) is 5.90 Å². The van der Waals surface area contributed by atoms with Crippen molar-refractivity contribution in [2.75, 3.05) is 12.8 Å². The zero-order valence-corrected chi connectivity index (χ0v) is 7.24. The lowest BCUT2D eigenvalue weighted by molar-refractivity contribution is 0.546. The molecule has 12 heavy (non-hydrogen) atoms. The molecule has 0 aliphatic heterocycles. The van der Waals surface area contributed by atoms with Crippen LogP contribution in [0.2, 0.25) is 0 Å². The van der Waals surface area contributed by atoms with E-state index in [1.807, 2.05) is 18.2 Å². The predicted octanol–water partition coefficient (Wildman–Crippen LogP) is 1.70. The van der Waals surface area contributed by atoms with E-state index in [0.717, 1.165) is 5.75 Å². The van der Waals surface area contributed by atoms with Crippen LogP contribution in [0.1, 0.15) is 6.92 Å². The largest absolute Gasteiger partial charge is 0.444 e. The topological polar surface area (TPSA) is 47.6 Å². The lowest BCUT2D eigenvalue weighted by atomic mass is 10.3. The Kier molecular flexibility index (Phi) is 2.69. The Morgan fingerprint density at radius 2 is 2.25 bits per heavy atom. The number of hydrogen-bond acceptors (Lipinski definition) is 3. The van der Waals surface area contributed by atoms with E-state index in [4.69, 9.17) is 10.5 Å². The summed E-state index contributed by atoms with van der Waals surface area (Å²) in [6.45, 7) is 1.79. The highest BCUT2D eigenvalue weighted by atomic mass is 16.5. The molecule has 0 saturated heterocycles. The Hall–Kier alpha value is -1.51. The summed E-state index contributed by atoms with van der Waals surface area (Å²) in [5.74, 6) is 1.35. The van der Waals surface area contributed by atoms with Crippen molar-refractivity contribution in [3.8, 4) is 5.75 Å². The molecule has 0 atom stereocenters. The van der Waals surface area contributed by atoms with Crippen molar-refractivity contribution in [2.24, 2.45) is 4.99 Å². The first-order valence-electron chi connectivity index (χ1n) is 3.69. The molecule has 0 amide bonds. The molecule has 3 heteroatoms. The van der Waals surface area contributed by atoms with Crippen LogP contribution >= 0.6 is 0 Å². The molecule has 0 unspecified atom stereocenters. The monoisotopic (exact) mass is 164 g/mol. The van der Waals surface area contributed by atoms with Gasteiger partial charge in [-0.1, -0.05) is 6.07 Å². The first kappa shape index (κ1) is 8.59.